The summed E-state index contributed by atoms with van der Waals surface area (Å²) in [6.07, 6.45) is 0. The van der Waals surface area contributed by atoms with Gasteiger partial charge in [-0.25, -0.2) is 4.39 Å². The van der Waals surface area contributed by atoms with E-state index in [-0.39, 0.29) is 12.1 Å². The highest BCUT2D eigenvalue weighted by Crippen LogP contribution is 2.21. The minimum Gasteiger partial charge on any atom is -0.368 e. The van der Waals surface area contributed by atoms with Crippen LogP contribution < -0.4 is 11.1 Å². The molecular formula is C17H16FN3O. The lowest BCUT2D eigenvalue weighted by molar-refractivity contribution is -0.124. The summed E-state index contributed by atoms with van der Waals surface area (Å²) in [6, 6.07) is 15.1. The number of nitriles is 1. The minimum atomic E-state index is -1.11. The first-order chi connectivity index (χ1) is 10.5. The van der Waals surface area contributed by atoms with Crippen molar-refractivity contribution in [3.63, 3.8) is 0 Å². The summed E-state index contributed by atoms with van der Waals surface area (Å²) < 4.78 is 13.9. The van der Waals surface area contributed by atoms with E-state index in [0.717, 1.165) is 0 Å². The number of hydrogen-bond acceptors (Lipinski definition) is 3. The van der Waals surface area contributed by atoms with Crippen LogP contribution in [0.15, 0.2) is 48.5 Å². The minimum absolute atomic E-state index is 0.117. The summed E-state index contributed by atoms with van der Waals surface area (Å²) in [4.78, 5) is 11.9. The molecule has 0 spiro atoms. The highest BCUT2D eigenvalue weighted by molar-refractivity contribution is 5.85. The van der Waals surface area contributed by atoms with E-state index >= 15 is 0 Å². The van der Waals surface area contributed by atoms with E-state index < -0.39 is 17.3 Å². The molecule has 0 heterocycles. The number of nitrogens with two attached hydrogens (primary N) is 1. The van der Waals surface area contributed by atoms with E-state index in [4.69, 9.17) is 11.0 Å². The van der Waals surface area contributed by atoms with Crippen LogP contribution in [0.4, 0.5) is 4.39 Å². The van der Waals surface area contributed by atoms with E-state index in [0.29, 0.717) is 11.1 Å². The fourth-order valence-corrected chi connectivity index (χ4v) is 2.14. The molecule has 1 amide bonds. The second-order valence-electron chi connectivity index (χ2n) is 5.13. The van der Waals surface area contributed by atoms with Gasteiger partial charge in [-0.05, 0) is 24.6 Å². The SMILES string of the molecule is C[C@](NCc1ccc(C#N)cc1F)(C(N)=O)c1ccccc1. The Labute approximate surface area is 128 Å². The van der Waals surface area contributed by atoms with Gasteiger partial charge in [-0.3, -0.25) is 10.1 Å². The van der Waals surface area contributed by atoms with Gasteiger partial charge in [-0.1, -0.05) is 36.4 Å². The quantitative estimate of drug-likeness (QED) is 0.888. The number of nitrogens with zero attached hydrogens (tertiary/aromatic N) is 1. The Balaban J connectivity index is 2.24. The van der Waals surface area contributed by atoms with Gasteiger partial charge < -0.3 is 5.73 Å². The summed E-state index contributed by atoms with van der Waals surface area (Å²) >= 11 is 0. The van der Waals surface area contributed by atoms with Crippen LogP contribution in [-0.4, -0.2) is 5.91 Å². The van der Waals surface area contributed by atoms with Crippen molar-refractivity contribution in [1.82, 2.24) is 5.32 Å². The molecule has 0 fully saturated rings. The Morgan fingerprint density at radius 3 is 2.55 bits per heavy atom. The molecule has 3 N–H and O–H groups in total. The zero-order valence-electron chi connectivity index (χ0n) is 12.1. The first kappa shape index (κ1) is 15.7. The second kappa shape index (κ2) is 6.37. The van der Waals surface area contributed by atoms with Crippen molar-refractivity contribution >= 4 is 5.91 Å². The largest absolute Gasteiger partial charge is 0.368 e. The molecular weight excluding hydrogens is 281 g/mol. The highest BCUT2D eigenvalue weighted by atomic mass is 19.1. The van der Waals surface area contributed by atoms with E-state index in [1.54, 1.807) is 31.2 Å². The Morgan fingerprint density at radius 1 is 1.32 bits per heavy atom. The van der Waals surface area contributed by atoms with Crippen molar-refractivity contribution in [2.24, 2.45) is 5.73 Å². The van der Waals surface area contributed by atoms with Crippen molar-refractivity contribution in [2.45, 2.75) is 19.0 Å². The predicted molar refractivity (Wildman–Crippen MR) is 80.9 cm³/mol. The molecule has 0 aromatic heterocycles. The van der Waals surface area contributed by atoms with Crippen molar-refractivity contribution in [3.8, 4) is 6.07 Å². The molecule has 0 aliphatic carbocycles. The number of benzene rings is 2. The lowest BCUT2D eigenvalue weighted by Gasteiger charge is -2.28. The van der Waals surface area contributed by atoms with Gasteiger partial charge in [0.15, 0.2) is 0 Å². The third-order valence-electron chi connectivity index (χ3n) is 3.66. The zero-order valence-corrected chi connectivity index (χ0v) is 12.1. The van der Waals surface area contributed by atoms with Crippen LogP contribution in [-0.2, 0) is 16.9 Å². The third-order valence-corrected chi connectivity index (χ3v) is 3.66. The monoisotopic (exact) mass is 297 g/mol. The summed E-state index contributed by atoms with van der Waals surface area (Å²) in [7, 11) is 0. The second-order valence-corrected chi connectivity index (χ2v) is 5.13. The van der Waals surface area contributed by atoms with Gasteiger partial charge in [0.2, 0.25) is 5.91 Å². The van der Waals surface area contributed by atoms with Gasteiger partial charge in [0.1, 0.15) is 11.4 Å². The molecule has 4 nitrogen and oxygen atoms in total. The first-order valence-electron chi connectivity index (χ1n) is 6.76. The maximum Gasteiger partial charge on any atom is 0.242 e. The van der Waals surface area contributed by atoms with Gasteiger partial charge >= 0.3 is 0 Å². The topological polar surface area (TPSA) is 78.9 Å². The lowest BCUT2D eigenvalue weighted by atomic mass is 9.91. The number of carbonyl (C=O) groups excluding carboxylic acids is 1. The van der Waals surface area contributed by atoms with Crippen LogP contribution in [0.5, 0.6) is 0 Å². The van der Waals surface area contributed by atoms with Crippen molar-refractivity contribution < 1.29 is 9.18 Å². The number of halogens is 1. The van der Waals surface area contributed by atoms with Crippen LogP contribution >= 0.6 is 0 Å². The average Bonchev–Trinajstić information content (AvgIpc) is 2.53. The van der Waals surface area contributed by atoms with Crippen molar-refractivity contribution in [2.75, 3.05) is 0 Å². The molecule has 0 unspecified atom stereocenters. The fourth-order valence-electron chi connectivity index (χ4n) is 2.14. The third kappa shape index (κ3) is 3.13. The van der Waals surface area contributed by atoms with E-state index in [1.807, 2.05) is 12.1 Å². The van der Waals surface area contributed by atoms with Crippen LogP contribution in [0.25, 0.3) is 0 Å². The molecule has 112 valence electrons. The molecule has 0 radical (unpaired) electrons. The molecule has 2 aromatic rings. The van der Waals surface area contributed by atoms with E-state index in [9.17, 15) is 9.18 Å². The molecule has 2 aromatic carbocycles. The molecule has 5 heteroatoms. The Morgan fingerprint density at radius 2 is 2.00 bits per heavy atom. The van der Waals surface area contributed by atoms with Gasteiger partial charge in [0.25, 0.3) is 0 Å². The van der Waals surface area contributed by atoms with Crippen LogP contribution in [0.2, 0.25) is 0 Å². The Bertz CT molecular complexity index is 724. The molecule has 22 heavy (non-hydrogen) atoms. The standard InChI is InChI=1S/C17H16FN3O/c1-17(16(20)22,14-5-3-2-4-6-14)21-11-13-8-7-12(10-19)9-15(13)18/h2-9,21H,11H2,1H3,(H2,20,22)/t17-/m1/s1. The summed E-state index contributed by atoms with van der Waals surface area (Å²) in [5.74, 6) is -1.04. The molecule has 2 rings (SSSR count). The van der Waals surface area contributed by atoms with E-state index in [1.165, 1.54) is 18.2 Å². The van der Waals surface area contributed by atoms with Crippen LogP contribution in [0.3, 0.4) is 0 Å². The van der Waals surface area contributed by atoms with Crippen LogP contribution in [0.1, 0.15) is 23.6 Å². The number of primary amides is 1. The Hall–Kier alpha value is -2.71. The highest BCUT2D eigenvalue weighted by Gasteiger charge is 2.32. The lowest BCUT2D eigenvalue weighted by Crippen LogP contribution is -2.50. The molecule has 0 saturated heterocycles. The molecule has 0 aliphatic rings. The van der Waals surface area contributed by atoms with Crippen LogP contribution in [0, 0.1) is 17.1 Å². The molecule has 0 saturated carbocycles. The normalized spacial score (nSPS) is 13.1. The summed E-state index contributed by atoms with van der Waals surface area (Å²) in [5.41, 5.74) is 5.72. The van der Waals surface area contributed by atoms with Gasteiger partial charge in [-0.2, -0.15) is 5.26 Å². The van der Waals surface area contributed by atoms with Crippen molar-refractivity contribution in [1.29, 1.82) is 5.26 Å². The zero-order chi connectivity index (χ0) is 16.2. The smallest absolute Gasteiger partial charge is 0.242 e. The van der Waals surface area contributed by atoms with Crippen molar-refractivity contribution in [3.05, 3.63) is 71.0 Å². The number of carbonyl (C=O) groups is 1. The van der Waals surface area contributed by atoms with Gasteiger partial charge in [0.05, 0.1) is 11.6 Å². The maximum absolute atomic E-state index is 13.9. The fraction of sp³-hybridized carbons (Fsp3) is 0.176. The molecule has 0 bridgehead atoms. The summed E-state index contributed by atoms with van der Waals surface area (Å²) in [6.45, 7) is 1.78. The number of hydrogen-bond donors (Lipinski definition) is 2. The van der Waals surface area contributed by atoms with Gasteiger partial charge in [0, 0.05) is 12.1 Å². The number of amides is 1. The maximum atomic E-state index is 13.9. The van der Waals surface area contributed by atoms with Gasteiger partial charge in [-0.15, -0.1) is 0 Å². The first-order valence-corrected chi connectivity index (χ1v) is 6.76. The van der Waals surface area contributed by atoms with E-state index in [2.05, 4.69) is 5.32 Å². The molecule has 1 atom stereocenters. The Kier molecular flexibility index (Phi) is 4.54. The number of rotatable bonds is 5. The average molecular weight is 297 g/mol. The number of nitrogens with one attached hydrogen (secondary N) is 1. The predicted octanol–water partition coefficient (Wildman–Crippen LogP) is 2.19. The summed E-state index contributed by atoms with van der Waals surface area (Å²) in [5, 5.41) is 11.7. The molecule has 0 aliphatic heterocycles.